The van der Waals surface area contributed by atoms with Crippen molar-refractivity contribution < 1.29 is 13.9 Å². The number of methoxy groups -OCH3 is 1. The lowest BCUT2D eigenvalue weighted by molar-refractivity contribution is 0.0962. The molecule has 5 rings (SSSR count). The van der Waals surface area contributed by atoms with E-state index in [1.54, 1.807) is 25.4 Å². The molecule has 0 unspecified atom stereocenters. The van der Waals surface area contributed by atoms with Crippen LogP contribution in [0, 0.1) is 5.82 Å². The number of aromatic nitrogens is 2. The van der Waals surface area contributed by atoms with Crippen LogP contribution in [0.1, 0.15) is 34.0 Å². The molecule has 0 radical (unpaired) electrons. The average molecular weight is 432 g/mol. The van der Waals surface area contributed by atoms with E-state index in [2.05, 4.69) is 26.9 Å². The lowest BCUT2D eigenvalue weighted by atomic mass is 9.82. The quantitative estimate of drug-likeness (QED) is 0.624. The summed E-state index contributed by atoms with van der Waals surface area (Å²) in [4.78, 5) is 26.4. The third kappa shape index (κ3) is 3.90. The van der Waals surface area contributed by atoms with Gasteiger partial charge in [0.05, 0.1) is 18.4 Å². The minimum atomic E-state index is -0.266. The highest BCUT2D eigenvalue weighted by atomic mass is 19.1. The van der Waals surface area contributed by atoms with Crippen molar-refractivity contribution in [2.24, 2.45) is 0 Å². The topological polar surface area (TPSA) is 58.6 Å². The number of rotatable bonds is 4. The Morgan fingerprint density at radius 2 is 1.69 bits per heavy atom. The zero-order valence-corrected chi connectivity index (χ0v) is 18.0. The summed E-state index contributed by atoms with van der Waals surface area (Å²) in [6, 6.07) is 14.8. The van der Waals surface area contributed by atoms with E-state index in [-0.39, 0.29) is 23.9 Å². The molecule has 2 aromatic carbocycles. The lowest BCUT2D eigenvalue weighted by Crippen LogP contribution is -2.47. The van der Waals surface area contributed by atoms with Crippen LogP contribution in [0.3, 0.4) is 0 Å². The molecule has 6 nitrogen and oxygen atoms in total. The van der Waals surface area contributed by atoms with Gasteiger partial charge in [-0.1, -0.05) is 18.2 Å². The van der Waals surface area contributed by atoms with Gasteiger partial charge in [-0.05, 0) is 48.2 Å². The van der Waals surface area contributed by atoms with Crippen LogP contribution < -0.4 is 14.5 Å². The normalized spacial score (nSPS) is 18.4. The number of nitrogens with zero attached hydrogens (tertiary/aromatic N) is 4. The van der Waals surface area contributed by atoms with Crippen LogP contribution >= 0.6 is 0 Å². The average Bonchev–Trinajstić information content (AvgIpc) is 2.84. The molecule has 1 atom stereocenters. The number of fused-ring (bicyclic) bond motifs is 1. The number of piperazine rings is 1. The lowest BCUT2D eigenvalue weighted by Gasteiger charge is -2.36. The summed E-state index contributed by atoms with van der Waals surface area (Å²) in [5.74, 6) is 1.01. The van der Waals surface area contributed by atoms with E-state index in [9.17, 15) is 9.18 Å². The van der Waals surface area contributed by atoms with Crippen molar-refractivity contribution in [2.45, 2.75) is 18.8 Å². The minimum Gasteiger partial charge on any atom is -0.497 e. The molecule has 2 heterocycles. The van der Waals surface area contributed by atoms with Gasteiger partial charge in [0.15, 0.2) is 5.78 Å². The predicted octanol–water partition coefficient (Wildman–Crippen LogP) is 3.86. The molecule has 0 spiro atoms. The van der Waals surface area contributed by atoms with Crippen LogP contribution in [0.2, 0.25) is 0 Å². The molecule has 3 aromatic rings. The smallest absolute Gasteiger partial charge is 0.225 e. The Morgan fingerprint density at radius 3 is 2.41 bits per heavy atom. The number of benzene rings is 2. The van der Waals surface area contributed by atoms with Crippen LogP contribution in [0.15, 0.2) is 54.7 Å². The van der Waals surface area contributed by atoms with E-state index >= 15 is 0 Å². The van der Waals surface area contributed by atoms with E-state index in [1.165, 1.54) is 6.07 Å². The molecule has 7 heteroatoms. The van der Waals surface area contributed by atoms with Gasteiger partial charge >= 0.3 is 0 Å². The van der Waals surface area contributed by atoms with Gasteiger partial charge in [0.2, 0.25) is 5.95 Å². The maximum atomic E-state index is 14.3. The summed E-state index contributed by atoms with van der Waals surface area (Å²) in [7, 11) is 1.67. The van der Waals surface area contributed by atoms with Crippen molar-refractivity contribution in [3.63, 3.8) is 0 Å². The van der Waals surface area contributed by atoms with E-state index in [0.717, 1.165) is 43.3 Å². The van der Waals surface area contributed by atoms with E-state index < -0.39 is 0 Å². The van der Waals surface area contributed by atoms with Crippen LogP contribution in [0.25, 0.3) is 0 Å². The van der Waals surface area contributed by atoms with E-state index in [4.69, 9.17) is 9.72 Å². The summed E-state index contributed by atoms with van der Waals surface area (Å²) < 4.78 is 19.5. The summed E-state index contributed by atoms with van der Waals surface area (Å²) in [5.41, 5.74) is 3.03. The van der Waals surface area contributed by atoms with Crippen molar-refractivity contribution in [1.82, 2.24) is 9.97 Å². The number of carbonyl (C=O) groups is 1. The van der Waals surface area contributed by atoms with Crippen LogP contribution in [0.4, 0.5) is 16.0 Å². The Hall–Kier alpha value is -3.48. The molecule has 1 saturated heterocycles. The summed E-state index contributed by atoms with van der Waals surface area (Å²) in [5, 5.41) is 0. The summed E-state index contributed by atoms with van der Waals surface area (Å²) >= 11 is 0. The van der Waals surface area contributed by atoms with Crippen LogP contribution in [-0.4, -0.2) is 49.0 Å². The highest BCUT2D eigenvalue weighted by Gasteiger charge is 2.30. The first-order valence-electron chi connectivity index (χ1n) is 10.9. The van der Waals surface area contributed by atoms with Crippen molar-refractivity contribution in [3.05, 3.63) is 77.4 Å². The molecule has 0 N–H and O–H groups in total. The van der Waals surface area contributed by atoms with Gasteiger partial charge in [0.25, 0.3) is 0 Å². The van der Waals surface area contributed by atoms with Crippen molar-refractivity contribution in [3.8, 4) is 5.75 Å². The van der Waals surface area contributed by atoms with Gasteiger partial charge in [-0.3, -0.25) is 4.79 Å². The van der Waals surface area contributed by atoms with E-state index in [0.29, 0.717) is 23.5 Å². The first kappa shape index (κ1) is 20.4. The molecule has 1 aliphatic carbocycles. The van der Waals surface area contributed by atoms with Crippen molar-refractivity contribution in [2.75, 3.05) is 43.1 Å². The number of ketones is 1. The number of hydrogen-bond acceptors (Lipinski definition) is 6. The Morgan fingerprint density at radius 1 is 0.969 bits per heavy atom. The second-order valence-corrected chi connectivity index (χ2v) is 8.25. The zero-order valence-electron chi connectivity index (χ0n) is 18.0. The summed E-state index contributed by atoms with van der Waals surface area (Å²) in [6.45, 7) is 3.28. The van der Waals surface area contributed by atoms with Gasteiger partial charge in [-0.25, -0.2) is 14.4 Å². The fourth-order valence-corrected chi connectivity index (χ4v) is 4.57. The molecule has 0 saturated carbocycles. The number of anilines is 2. The fraction of sp³-hybridized carbons (Fsp3) is 0.320. The monoisotopic (exact) mass is 432 g/mol. The third-order valence-corrected chi connectivity index (χ3v) is 6.37. The highest BCUT2D eigenvalue weighted by Crippen LogP contribution is 2.33. The highest BCUT2D eigenvalue weighted by molar-refractivity contribution is 5.98. The van der Waals surface area contributed by atoms with Crippen LogP contribution in [0.5, 0.6) is 5.75 Å². The molecule has 1 aromatic heterocycles. The molecule has 0 bridgehead atoms. The number of carbonyl (C=O) groups excluding carboxylic acids is 1. The number of Topliss-reactive ketones (excluding diaryl/α,β-unsaturated/α-hetero) is 1. The fourth-order valence-electron chi connectivity index (χ4n) is 4.57. The number of hydrogen-bond donors (Lipinski definition) is 0. The molecule has 1 fully saturated rings. The first-order chi connectivity index (χ1) is 15.6. The van der Waals surface area contributed by atoms with Gasteiger partial charge in [-0.2, -0.15) is 0 Å². The SMILES string of the molecule is COc1ccc(N2CCN(c3ncc4c(n3)C[C@H](c3ccccc3F)CC4=O)CC2)cc1. The number of halogens is 1. The second-order valence-electron chi connectivity index (χ2n) is 8.25. The molecule has 1 aliphatic heterocycles. The molecule has 164 valence electrons. The van der Waals surface area contributed by atoms with E-state index in [1.807, 2.05) is 18.2 Å². The first-order valence-corrected chi connectivity index (χ1v) is 10.9. The number of ether oxygens (including phenoxy) is 1. The largest absolute Gasteiger partial charge is 0.497 e. The second kappa shape index (κ2) is 8.57. The Kier molecular flexibility index (Phi) is 5.47. The summed E-state index contributed by atoms with van der Waals surface area (Å²) in [6.07, 6.45) is 2.48. The van der Waals surface area contributed by atoms with Gasteiger partial charge in [0.1, 0.15) is 11.6 Å². The van der Waals surface area contributed by atoms with Crippen LogP contribution in [-0.2, 0) is 6.42 Å². The minimum absolute atomic E-state index is 0.0182. The molecule has 2 aliphatic rings. The van der Waals surface area contributed by atoms with Crippen molar-refractivity contribution in [1.29, 1.82) is 0 Å². The third-order valence-electron chi connectivity index (χ3n) is 6.37. The Balaban J connectivity index is 1.31. The van der Waals surface area contributed by atoms with Crippen molar-refractivity contribution >= 4 is 17.4 Å². The Bertz CT molecular complexity index is 1130. The van der Waals surface area contributed by atoms with Gasteiger partial charge in [-0.15, -0.1) is 0 Å². The maximum Gasteiger partial charge on any atom is 0.225 e. The van der Waals surface area contributed by atoms with Gasteiger partial charge < -0.3 is 14.5 Å². The predicted molar refractivity (Wildman–Crippen MR) is 121 cm³/mol. The molecular formula is C25H25FN4O2. The maximum absolute atomic E-state index is 14.3. The zero-order chi connectivity index (χ0) is 22.1. The standard InChI is InChI=1S/C25H25FN4O2/c1-32-19-8-6-18(7-9-19)29-10-12-30(13-11-29)25-27-16-21-23(28-25)14-17(15-24(21)31)20-4-2-3-5-22(20)26/h2-9,16-17H,10-15H2,1H3/t17-/m0/s1. The molecular weight excluding hydrogens is 407 g/mol. The molecule has 0 amide bonds. The Labute approximate surface area is 186 Å². The van der Waals surface area contributed by atoms with Gasteiger partial charge in [0, 0.05) is 44.5 Å². The molecule has 32 heavy (non-hydrogen) atoms.